The van der Waals surface area contributed by atoms with E-state index in [1.54, 1.807) is 0 Å². The topological polar surface area (TPSA) is 53.5 Å². The Morgan fingerprint density at radius 1 is 1.62 bits per heavy atom. The summed E-state index contributed by atoms with van der Waals surface area (Å²) in [6, 6.07) is 0.260. The van der Waals surface area contributed by atoms with Gasteiger partial charge in [0.1, 0.15) is 0 Å². The number of aliphatic imine (C=N–C) groups is 1. The quantitative estimate of drug-likeness (QED) is 0.821. The molecule has 1 amide bonds. The smallest absolute Gasteiger partial charge is 0.222 e. The highest BCUT2D eigenvalue weighted by Crippen LogP contribution is 2.38. The second kappa shape index (κ2) is 7.52. The van der Waals surface area contributed by atoms with Gasteiger partial charge in [0.25, 0.3) is 0 Å². The molecule has 0 bridgehead atoms. The maximum Gasteiger partial charge on any atom is 0.222 e. The highest BCUT2D eigenvalue weighted by molar-refractivity contribution is 8.14. The van der Waals surface area contributed by atoms with Crippen LogP contribution in [0.1, 0.15) is 59.3 Å². The second-order valence-electron chi connectivity index (χ2n) is 6.71. The van der Waals surface area contributed by atoms with Gasteiger partial charge in [0, 0.05) is 23.8 Å². The van der Waals surface area contributed by atoms with E-state index < -0.39 is 0 Å². The van der Waals surface area contributed by atoms with Crippen LogP contribution in [0, 0.1) is 5.92 Å². The molecule has 0 aromatic rings. The molecule has 2 aliphatic rings. The summed E-state index contributed by atoms with van der Waals surface area (Å²) in [7, 11) is 0. The van der Waals surface area contributed by atoms with Crippen LogP contribution < -0.4 is 10.6 Å². The van der Waals surface area contributed by atoms with Gasteiger partial charge in [-0.3, -0.25) is 9.79 Å². The van der Waals surface area contributed by atoms with Gasteiger partial charge in [-0.2, -0.15) is 0 Å². The molecule has 1 aliphatic heterocycles. The Hall–Kier alpha value is -0.710. The fraction of sp³-hybridized carbons (Fsp3) is 0.875. The van der Waals surface area contributed by atoms with Crippen molar-refractivity contribution in [3.05, 3.63) is 0 Å². The predicted octanol–water partition coefficient (Wildman–Crippen LogP) is 2.93. The number of thioether (sulfide) groups is 1. The zero-order chi connectivity index (χ0) is 15.3. The molecule has 120 valence electrons. The Bertz CT molecular complexity index is 399. The summed E-state index contributed by atoms with van der Waals surface area (Å²) >= 11 is 1.83. The molecule has 4 nitrogen and oxygen atoms in total. The van der Waals surface area contributed by atoms with Crippen LogP contribution in [0.4, 0.5) is 0 Å². The first kappa shape index (κ1) is 16.7. The van der Waals surface area contributed by atoms with E-state index in [4.69, 9.17) is 0 Å². The third-order valence-electron chi connectivity index (χ3n) is 4.56. The number of nitrogens with one attached hydrogen (secondary N) is 2. The van der Waals surface area contributed by atoms with E-state index in [1.807, 2.05) is 18.7 Å². The van der Waals surface area contributed by atoms with Crippen molar-refractivity contribution >= 4 is 22.8 Å². The number of hydrogen-bond acceptors (Lipinski definition) is 3. The maximum atomic E-state index is 11.7. The molecular weight excluding hydrogens is 282 g/mol. The van der Waals surface area contributed by atoms with Crippen LogP contribution in [-0.2, 0) is 4.79 Å². The predicted molar refractivity (Wildman–Crippen MR) is 90.8 cm³/mol. The van der Waals surface area contributed by atoms with Crippen LogP contribution in [-0.4, -0.2) is 35.0 Å². The SMILES string of the molecule is CCC(C)NC(=O)CCN=C1NC2(CCCC(C)C2)CS1. The summed E-state index contributed by atoms with van der Waals surface area (Å²) in [6.45, 7) is 7.05. The fourth-order valence-corrected chi connectivity index (χ4v) is 4.42. The molecule has 3 atom stereocenters. The van der Waals surface area contributed by atoms with Crippen LogP contribution >= 0.6 is 11.8 Å². The van der Waals surface area contributed by atoms with E-state index in [0.717, 1.165) is 23.3 Å². The number of amidine groups is 1. The first-order valence-corrected chi connectivity index (χ1v) is 9.26. The lowest BCUT2D eigenvalue weighted by Gasteiger charge is -2.36. The Labute approximate surface area is 132 Å². The maximum absolute atomic E-state index is 11.7. The summed E-state index contributed by atoms with van der Waals surface area (Å²) in [4.78, 5) is 16.3. The van der Waals surface area contributed by atoms with Crippen molar-refractivity contribution in [2.75, 3.05) is 12.3 Å². The van der Waals surface area contributed by atoms with Crippen molar-refractivity contribution in [1.82, 2.24) is 10.6 Å². The van der Waals surface area contributed by atoms with Crippen LogP contribution in [0.15, 0.2) is 4.99 Å². The minimum atomic E-state index is 0.109. The molecule has 2 N–H and O–H groups in total. The minimum Gasteiger partial charge on any atom is -0.359 e. The van der Waals surface area contributed by atoms with Crippen molar-refractivity contribution in [3.63, 3.8) is 0 Å². The van der Waals surface area contributed by atoms with E-state index in [2.05, 4.69) is 29.5 Å². The van der Waals surface area contributed by atoms with E-state index in [9.17, 15) is 4.79 Å². The van der Waals surface area contributed by atoms with Crippen molar-refractivity contribution in [2.24, 2.45) is 10.9 Å². The third kappa shape index (κ3) is 4.90. The molecule has 1 heterocycles. The average Bonchev–Trinajstić information content (AvgIpc) is 2.81. The standard InChI is InChI=1S/C16H29N3OS/c1-4-13(3)18-14(20)7-9-17-15-19-16(11-21-15)8-5-6-12(2)10-16/h12-13H,4-11H2,1-3H3,(H,17,19)(H,18,20). The Kier molecular flexibility index (Phi) is 5.97. The molecule has 1 spiro atoms. The largest absolute Gasteiger partial charge is 0.359 e. The van der Waals surface area contributed by atoms with Crippen LogP contribution in [0.25, 0.3) is 0 Å². The number of carbonyl (C=O) groups is 1. The van der Waals surface area contributed by atoms with Crippen molar-refractivity contribution in [3.8, 4) is 0 Å². The second-order valence-corrected chi connectivity index (χ2v) is 7.67. The number of carbonyl (C=O) groups excluding carboxylic acids is 1. The van der Waals surface area contributed by atoms with Gasteiger partial charge in [0.05, 0.1) is 6.54 Å². The Morgan fingerprint density at radius 2 is 2.43 bits per heavy atom. The monoisotopic (exact) mass is 311 g/mol. The number of nitrogens with zero attached hydrogens (tertiary/aromatic N) is 1. The van der Waals surface area contributed by atoms with Gasteiger partial charge in [0.2, 0.25) is 5.91 Å². The molecule has 0 aromatic carbocycles. The summed E-state index contributed by atoms with van der Waals surface area (Å²) in [5, 5.41) is 7.67. The molecule has 1 aliphatic carbocycles. The molecule has 1 saturated carbocycles. The average molecular weight is 311 g/mol. The van der Waals surface area contributed by atoms with Gasteiger partial charge in [-0.05, 0) is 32.1 Å². The van der Waals surface area contributed by atoms with E-state index in [0.29, 0.717) is 13.0 Å². The third-order valence-corrected chi connectivity index (χ3v) is 5.76. The Morgan fingerprint density at radius 3 is 3.14 bits per heavy atom. The van der Waals surface area contributed by atoms with Crippen molar-refractivity contribution < 1.29 is 4.79 Å². The summed E-state index contributed by atoms with van der Waals surface area (Å²) < 4.78 is 0. The normalized spacial score (nSPS) is 32.1. The highest BCUT2D eigenvalue weighted by Gasteiger charge is 2.40. The zero-order valence-corrected chi connectivity index (χ0v) is 14.4. The Balaban J connectivity index is 1.75. The van der Waals surface area contributed by atoms with E-state index >= 15 is 0 Å². The summed E-state index contributed by atoms with van der Waals surface area (Å²) in [6.07, 6.45) is 6.65. The molecular formula is C16H29N3OS. The lowest BCUT2D eigenvalue weighted by molar-refractivity contribution is -0.121. The number of rotatable bonds is 5. The molecule has 21 heavy (non-hydrogen) atoms. The molecule has 0 aromatic heterocycles. The van der Waals surface area contributed by atoms with Gasteiger partial charge < -0.3 is 10.6 Å². The van der Waals surface area contributed by atoms with Crippen LogP contribution in [0.5, 0.6) is 0 Å². The summed E-state index contributed by atoms with van der Waals surface area (Å²) in [5.41, 5.74) is 0.278. The summed E-state index contributed by atoms with van der Waals surface area (Å²) in [5.74, 6) is 2.06. The molecule has 2 fully saturated rings. The molecule has 1 saturated heterocycles. The van der Waals surface area contributed by atoms with Crippen molar-refractivity contribution in [2.45, 2.75) is 70.9 Å². The van der Waals surface area contributed by atoms with E-state index in [1.165, 1.54) is 25.7 Å². The number of hydrogen-bond donors (Lipinski definition) is 2. The van der Waals surface area contributed by atoms with Gasteiger partial charge in [-0.1, -0.05) is 38.5 Å². The molecule has 5 heteroatoms. The lowest BCUT2D eigenvalue weighted by atomic mass is 9.78. The zero-order valence-electron chi connectivity index (χ0n) is 13.6. The first-order chi connectivity index (χ1) is 10.0. The molecule has 0 radical (unpaired) electrons. The molecule has 2 rings (SSSR count). The van der Waals surface area contributed by atoms with Gasteiger partial charge in [-0.15, -0.1) is 0 Å². The van der Waals surface area contributed by atoms with Crippen molar-refractivity contribution in [1.29, 1.82) is 0 Å². The first-order valence-electron chi connectivity index (χ1n) is 8.28. The van der Waals surface area contributed by atoms with Crippen LogP contribution in [0.3, 0.4) is 0 Å². The van der Waals surface area contributed by atoms with Gasteiger partial charge >= 0.3 is 0 Å². The fourth-order valence-electron chi connectivity index (χ4n) is 3.20. The van der Waals surface area contributed by atoms with Gasteiger partial charge in [0.15, 0.2) is 5.17 Å². The lowest BCUT2D eigenvalue weighted by Crippen LogP contribution is -2.47. The minimum absolute atomic E-state index is 0.109. The molecule has 3 unspecified atom stereocenters. The van der Waals surface area contributed by atoms with Gasteiger partial charge in [-0.25, -0.2) is 0 Å². The highest BCUT2D eigenvalue weighted by atomic mass is 32.2. The van der Waals surface area contributed by atoms with Crippen LogP contribution in [0.2, 0.25) is 0 Å². The van der Waals surface area contributed by atoms with E-state index in [-0.39, 0.29) is 17.5 Å². The number of amides is 1.